The van der Waals surface area contributed by atoms with Crippen molar-refractivity contribution in [3.05, 3.63) is 22.2 Å². The number of hydrogen-bond acceptors (Lipinski definition) is 4. The van der Waals surface area contributed by atoms with Crippen molar-refractivity contribution in [2.45, 2.75) is 38.8 Å². The predicted molar refractivity (Wildman–Crippen MR) is 87.5 cm³/mol. The average Bonchev–Trinajstić information content (AvgIpc) is 2.94. The number of carboxylic acids is 1. The van der Waals surface area contributed by atoms with E-state index in [1.54, 1.807) is 7.11 Å². The lowest BCUT2D eigenvalue weighted by molar-refractivity contribution is -0.142. The van der Waals surface area contributed by atoms with Gasteiger partial charge in [-0.1, -0.05) is 6.92 Å². The number of hydrogen-bond donors (Lipinski definition) is 1. The number of likely N-dealkylation sites (tertiary alicyclic amines) is 1. The summed E-state index contributed by atoms with van der Waals surface area (Å²) in [5.41, 5.74) is 1.01. The molecule has 1 fully saturated rings. The normalized spacial score (nSPS) is 18.4. The van der Waals surface area contributed by atoms with E-state index in [0.717, 1.165) is 29.4 Å². The number of carbonyl (C=O) groups is 1. The van der Waals surface area contributed by atoms with Crippen molar-refractivity contribution >= 4 is 21.9 Å². The predicted octanol–water partition coefficient (Wildman–Crippen LogP) is 3.30. The second kappa shape index (κ2) is 7.83. The van der Waals surface area contributed by atoms with E-state index in [9.17, 15) is 9.90 Å². The van der Waals surface area contributed by atoms with Crippen LogP contribution in [-0.2, 0) is 11.3 Å². The first-order valence-corrected chi connectivity index (χ1v) is 8.32. The fraction of sp³-hybridized carbons (Fsp3) is 0.562. The lowest BCUT2D eigenvalue weighted by atomic mass is 10.1. The molecular weight excluding hydrogens is 350 g/mol. The summed E-state index contributed by atoms with van der Waals surface area (Å²) in [6.45, 7) is 4.08. The Hall–Kier alpha value is -1.27. The Morgan fingerprint density at radius 2 is 2.27 bits per heavy atom. The standard InChI is InChI=1S/C16H22BrNO4/c1-3-7-22-15-12(17)8-11(9-14(15)21-2)10-18-6-4-5-13(18)16(19)20/h8-9,13H,3-7,10H2,1-2H3,(H,19,20). The van der Waals surface area contributed by atoms with E-state index >= 15 is 0 Å². The van der Waals surface area contributed by atoms with Crippen LogP contribution in [0.3, 0.4) is 0 Å². The molecule has 0 saturated carbocycles. The van der Waals surface area contributed by atoms with E-state index in [4.69, 9.17) is 9.47 Å². The van der Waals surface area contributed by atoms with Crippen LogP contribution < -0.4 is 9.47 Å². The first-order chi connectivity index (χ1) is 10.6. The van der Waals surface area contributed by atoms with Gasteiger partial charge in [-0.15, -0.1) is 0 Å². The molecule has 1 aliphatic heterocycles. The van der Waals surface area contributed by atoms with E-state index in [1.165, 1.54) is 0 Å². The van der Waals surface area contributed by atoms with Crippen LogP contribution in [0.2, 0.25) is 0 Å². The van der Waals surface area contributed by atoms with Crippen molar-refractivity contribution in [1.29, 1.82) is 0 Å². The molecule has 1 aromatic rings. The molecule has 22 heavy (non-hydrogen) atoms. The van der Waals surface area contributed by atoms with Crippen LogP contribution in [0.15, 0.2) is 16.6 Å². The van der Waals surface area contributed by atoms with Gasteiger partial charge in [-0.05, 0) is 59.4 Å². The van der Waals surface area contributed by atoms with Gasteiger partial charge < -0.3 is 14.6 Å². The van der Waals surface area contributed by atoms with Gasteiger partial charge in [0.2, 0.25) is 0 Å². The minimum Gasteiger partial charge on any atom is -0.493 e. The van der Waals surface area contributed by atoms with Gasteiger partial charge in [-0.3, -0.25) is 9.69 Å². The summed E-state index contributed by atoms with van der Waals surface area (Å²) < 4.78 is 12.0. The van der Waals surface area contributed by atoms with Crippen molar-refractivity contribution < 1.29 is 19.4 Å². The maximum absolute atomic E-state index is 11.3. The van der Waals surface area contributed by atoms with Gasteiger partial charge in [0.05, 0.1) is 18.2 Å². The van der Waals surface area contributed by atoms with Gasteiger partial charge in [0.15, 0.2) is 11.5 Å². The molecule has 5 nitrogen and oxygen atoms in total. The summed E-state index contributed by atoms with van der Waals surface area (Å²) in [5.74, 6) is 0.625. The smallest absolute Gasteiger partial charge is 0.320 e. The van der Waals surface area contributed by atoms with Crippen molar-refractivity contribution in [2.24, 2.45) is 0 Å². The monoisotopic (exact) mass is 371 g/mol. The zero-order chi connectivity index (χ0) is 16.1. The molecule has 0 aliphatic carbocycles. The van der Waals surface area contributed by atoms with E-state index in [0.29, 0.717) is 31.1 Å². The minimum absolute atomic E-state index is 0.388. The maximum atomic E-state index is 11.3. The minimum atomic E-state index is -0.744. The Morgan fingerprint density at radius 1 is 1.50 bits per heavy atom. The van der Waals surface area contributed by atoms with Crippen LogP contribution in [0.25, 0.3) is 0 Å². The van der Waals surface area contributed by atoms with Crippen molar-refractivity contribution in [3.63, 3.8) is 0 Å². The zero-order valence-electron chi connectivity index (χ0n) is 13.0. The molecule has 2 rings (SSSR count). The Morgan fingerprint density at radius 3 is 2.91 bits per heavy atom. The average molecular weight is 372 g/mol. The van der Waals surface area contributed by atoms with Crippen molar-refractivity contribution in [2.75, 3.05) is 20.3 Å². The number of rotatable bonds is 7. The SMILES string of the molecule is CCCOc1c(Br)cc(CN2CCCC2C(=O)O)cc1OC. The highest BCUT2D eigenvalue weighted by Crippen LogP contribution is 2.37. The largest absolute Gasteiger partial charge is 0.493 e. The first-order valence-electron chi connectivity index (χ1n) is 7.52. The highest BCUT2D eigenvalue weighted by molar-refractivity contribution is 9.10. The molecule has 0 spiro atoms. The summed E-state index contributed by atoms with van der Waals surface area (Å²) in [4.78, 5) is 13.3. The fourth-order valence-corrected chi connectivity index (χ4v) is 3.34. The molecule has 0 aromatic heterocycles. The Labute approximate surface area is 139 Å². The van der Waals surface area contributed by atoms with Crippen LogP contribution in [0.4, 0.5) is 0 Å². The highest BCUT2D eigenvalue weighted by atomic mass is 79.9. The van der Waals surface area contributed by atoms with E-state index in [-0.39, 0.29) is 6.04 Å². The molecule has 122 valence electrons. The Bertz CT molecular complexity index is 535. The molecule has 1 N–H and O–H groups in total. The molecule has 1 heterocycles. The van der Waals surface area contributed by atoms with Gasteiger partial charge in [0, 0.05) is 6.54 Å². The molecule has 1 atom stereocenters. The van der Waals surface area contributed by atoms with Gasteiger partial charge in [0.1, 0.15) is 6.04 Å². The van der Waals surface area contributed by atoms with Crippen LogP contribution in [-0.4, -0.2) is 42.3 Å². The topological polar surface area (TPSA) is 59.0 Å². The number of carboxylic acid groups (broad SMARTS) is 1. The van der Waals surface area contributed by atoms with E-state index in [1.807, 2.05) is 24.0 Å². The summed E-state index contributed by atoms with van der Waals surface area (Å²) in [6.07, 6.45) is 2.56. The number of benzene rings is 1. The lowest BCUT2D eigenvalue weighted by Gasteiger charge is -2.22. The quantitative estimate of drug-likeness (QED) is 0.796. The van der Waals surface area contributed by atoms with Gasteiger partial charge in [-0.2, -0.15) is 0 Å². The number of ether oxygens (including phenoxy) is 2. The third kappa shape index (κ3) is 3.93. The molecule has 6 heteroatoms. The number of aliphatic carboxylic acids is 1. The fourth-order valence-electron chi connectivity index (χ4n) is 2.74. The number of halogens is 1. The third-order valence-corrected chi connectivity index (χ3v) is 4.36. The second-order valence-electron chi connectivity index (χ2n) is 5.42. The van der Waals surface area contributed by atoms with Crippen molar-refractivity contribution in [1.82, 2.24) is 4.90 Å². The maximum Gasteiger partial charge on any atom is 0.320 e. The number of nitrogens with zero attached hydrogens (tertiary/aromatic N) is 1. The highest BCUT2D eigenvalue weighted by Gasteiger charge is 2.30. The molecule has 0 amide bonds. The van der Waals surface area contributed by atoms with Crippen LogP contribution >= 0.6 is 15.9 Å². The van der Waals surface area contributed by atoms with Crippen LogP contribution in [0.5, 0.6) is 11.5 Å². The van der Waals surface area contributed by atoms with E-state index < -0.39 is 5.97 Å². The molecule has 0 radical (unpaired) electrons. The Kier molecular flexibility index (Phi) is 6.08. The summed E-state index contributed by atoms with van der Waals surface area (Å²) >= 11 is 3.52. The molecule has 1 unspecified atom stereocenters. The molecule has 0 bridgehead atoms. The van der Waals surface area contributed by atoms with Gasteiger partial charge in [-0.25, -0.2) is 0 Å². The number of methoxy groups -OCH3 is 1. The van der Waals surface area contributed by atoms with E-state index in [2.05, 4.69) is 15.9 Å². The summed E-state index contributed by atoms with van der Waals surface area (Å²) in [6, 6.07) is 3.51. The van der Waals surface area contributed by atoms with Crippen LogP contribution in [0.1, 0.15) is 31.7 Å². The first kappa shape index (κ1) is 17.1. The van der Waals surface area contributed by atoms with Crippen molar-refractivity contribution in [3.8, 4) is 11.5 Å². The molecule has 1 aromatic carbocycles. The van der Waals surface area contributed by atoms with Gasteiger partial charge in [0.25, 0.3) is 0 Å². The zero-order valence-corrected chi connectivity index (χ0v) is 14.6. The van der Waals surface area contributed by atoms with Crippen LogP contribution in [0, 0.1) is 0 Å². The molecule has 1 saturated heterocycles. The second-order valence-corrected chi connectivity index (χ2v) is 6.28. The Balaban J connectivity index is 2.18. The summed E-state index contributed by atoms with van der Waals surface area (Å²) in [5, 5.41) is 9.26. The molecular formula is C16H22BrNO4. The van der Waals surface area contributed by atoms with Gasteiger partial charge >= 0.3 is 5.97 Å². The third-order valence-electron chi connectivity index (χ3n) is 3.77. The molecule has 1 aliphatic rings. The lowest BCUT2D eigenvalue weighted by Crippen LogP contribution is -2.35. The summed E-state index contributed by atoms with van der Waals surface area (Å²) in [7, 11) is 1.61.